The Morgan fingerprint density at radius 3 is 2.43 bits per heavy atom. The molecule has 2 aromatic rings. The standard InChI is InChI=1S/C18H25N3/c1-5-14-12-15-17(16(6-2)20(14)3)19-21(4)18(15)13-10-8-7-9-11-13/h7-11,14,16H,5-6,12H2,1-4H3. The number of hydrogen-bond acceptors (Lipinski definition) is 2. The summed E-state index contributed by atoms with van der Waals surface area (Å²) in [7, 11) is 4.33. The highest BCUT2D eigenvalue weighted by atomic mass is 15.3. The summed E-state index contributed by atoms with van der Waals surface area (Å²) in [5.41, 5.74) is 5.32. The Balaban J connectivity index is 2.14. The Morgan fingerprint density at radius 1 is 1.10 bits per heavy atom. The maximum Gasteiger partial charge on any atom is 0.0835 e. The average Bonchev–Trinajstić information content (AvgIpc) is 2.83. The quantitative estimate of drug-likeness (QED) is 0.854. The number of rotatable bonds is 3. The lowest BCUT2D eigenvalue weighted by atomic mass is 9.88. The van der Waals surface area contributed by atoms with Crippen molar-refractivity contribution in [3.63, 3.8) is 0 Å². The molecule has 1 aromatic heterocycles. The summed E-state index contributed by atoms with van der Waals surface area (Å²) in [6.45, 7) is 4.55. The molecular weight excluding hydrogens is 258 g/mol. The Bertz CT molecular complexity index is 615. The molecule has 0 spiro atoms. The van der Waals surface area contributed by atoms with Gasteiger partial charge in [-0.3, -0.25) is 9.58 Å². The predicted octanol–water partition coefficient (Wildman–Crippen LogP) is 3.80. The monoisotopic (exact) mass is 283 g/mol. The van der Waals surface area contributed by atoms with Gasteiger partial charge < -0.3 is 0 Å². The lowest BCUT2D eigenvalue weighted by molar-refractivity contribution is 0.143. The predicted molar refractivity (Wildman–Crippen MR) is 87.2 cm³/mol. The number of nitrogens with zero attached hydrogens (tertiary/aromatic N) is 3. The minimum atomic E-state index is 0.447. The first-order valence-electron chi connectivity index (χ1n) is 8.00. The molecule has 1 aromatic carbocycles. The third-order valence-electron chi connectivity index (χ3n) is 4.90. The molecule has 2 atom stereocenters. The second kappa shape index (κ2) is 5.64. The van der Waals surface area contributed by atoms with E-state index in [2.05, 4.69) is 67.9 Å². The van der Waals surface area contributed by atoms with E-state index < -0.39 is 0 Å². The van der Waals surface area contributed by atoms with Crippen LogP contribution in [0.2, 0.25) is 0 Å². The van der Waals surface area contributed by atoms with Crippen LogP contribution in [0.3, 0.4) is 0 Å². The summed E-state index contributed by atoms with van der Waals surface area (Å²) < 4.78 is 2.08. The van der Waals surface area contributed by atoms with E-state index in [1.54, 1.807) is 0 Å². The van der Waals surface area contributed by atoms with E-state index in [0.717, 1.165) is 12.8 Å². The van der Waals surface area contributed by atoms with E-state index in [4.69, 9.17) is 5.10 Å². The third-order valence-corrected chi connectivity index (χ3v) is 4.90. The summed E-state index contributed by atoms with van der Waals surface area (Å²) in [5, 5.41) is 4.87. The summed E-state index contributed by atoms with van der Waals surface area (Å²) in [6.07, 6.45) is 3.41. The van der Waals surface area contributed by atoms with Crippen molar-refractivity contribution in [2.24, 2.45) is 7.05 Å². The molecule has 0 aliphatic carbocycles. The number of aryl methyl sites for hydroxylation is 1. The number of likely N-dealkylation sites (N-methyl/N-ethyl adjacent to an activating group) is 1. The van der Waals surface area contributed by atoms with Crippen LogP contribution in [0.15, 0.2) is 30.3 Å². The van der Waals surface area contributed by atoms with E-state index in [1.165, 1.54) is 28.9 Å². The maximum absolute atomic E-state index is 4.87. The van der Waals surface area contributed by atoms with Crippen molar-refractivity contribution in [2.45, 2.75) is 45.2 Å². The zero-order valence-electron chi connectivity index (χ0n) is 13.5. The molecule has 0 amide bonds. The Kier molecular flexibility index (Phi) is 3.85. The van der Waals surface area contributed by atoms with Crippen LogP contribution < -0.4 is 0 Å². The zero-order chi connectivity index (χ0) is 15.0. The molecule has 0 radical (unpaired) electrons. The van der Waals surface area contributed by atoms with E-state index in [0.29, 0.717) is 12.1 Å². The molecule has 0 saturated heterocycles. The molecule has 3 rings (SSSR count). The van der Waals surface area contributed by atoms with Crippen LogP contribution in [0.1, 0.15) is 44.0 Å². The largest absolute Gasteiger partial charge is 0.294 e. The molecule has 3 nitrogen and oxygen atoms in total. The first-order valence-corrected chi connectivity index (χ1v) is 8.00. The lowest BCUT2D eigenvalue weighted by Gasteiger charge is -2.38. The number of hydrogen-bond donors (Lipinski definition) is 0. The molecule has 0 saturated carbocycles. The Morgan fingerprint density at radius 2 is 1.81 bits per heavy atom. The van der Waals surface area contributed by atoms with Gasteiger partial charge in [0.05, 0.1) is 17.4 Å². The van der Waals surface area contributed by atoms with Crippen molar-refractivity contribution >= 4 is 0 Å². The topological polar surface area (TPSA) is 21.1 Å². The van der Waals surface area contributed by atoms with Gasteiger partial charge in [0.15, 0.2) is 0 Å². The highest BCUT2D eigenvalue weighted by Crippen LogP contribution is 2.39. The molecule has 1 aliphatic heterocycles. The first-order chi connectivity index (χ1) is 10.2. The van der Waals surface area contributed by atoms with Crippen LogP contribution in [0.5, 0.6) is 0 Å². The SMILES string of the molecule is CCC1Cc2c(nn(C)c2-c2ccccc2)C(CC)N1C. The van der Waals surface area contributed by atoms with Crippen molar-refractivity contribution < 1.29 is 0 Å². The van der Waals surface area contributed by atoms with E-state index >= 15 is 0 Å². The van der Waals surface area contributed by atoms with Gasteiger partial charge in [0.25, 0.3) is 0 Å². The van der Waals surface area contributed by atoms with Crippen molar-refractivity contribution in [3.8, 4) is 11.3 Å². The molecule has 21 heavy (non-hydrogen) atoms. The van der Waals surface area contributed by atoms with Gasteiger partial charge in [-0.05, 0) is 26.3 Å². The summed E-state index contributed by atoms with van der Waals surface area (Å²) in [4.78, 5) is 2.52. The fourth-order valence-electron chi connectivity index (χ4n) is 3.76. The fraction of sp³-hybridized carbons (Fsp3) is 0.500. The molecule has 2 heterocycles. The minimum Gasteiger partial charge on any atom is -0.294 e. The van der Waals surface area contributed by atoms with Crippen molar-refractivity contribution in [1.29, 1.82) is 0 Å². The van der Waals surface area contributed by atoms with Crippen LogP contribution in [0.4, 0.5) is 0 Å². The van der Waals surface area contributed by atoms with Crippen molar-refractivity contribution in [3.05, 3.63) is 41.6 Å². The molecule has 0 fully saturated rings. The van der Waals surface area contributed by atoms with Gasteiger partial charge in [-0.2, -0.15) is 5.10 Å². The number of fused-ring (bicyclic) bond motifs is 1. The first kappa shape index (κ1) is 14.3. The molecule has 112 valence electrons. The smallest absolute Gasteiger partial charge is 0.0835 e. The van der Waals surface area contributed by atoms with E-state index in [9.17, 15) is 0 Å². The van der Waals surface area contributed by atoms with Crippen LogP contribution in [-0.2, 0) is 13.5 Å². The molecule has 1 aliphatic rings. The van der Waals surface area contributed by atoms with E-state index in [-0.39, 0.29) is 0 Å². The number of benzene rings is 1. The highest BCUT2D eigenvalue weighted by molar-refractivity contribution is 5.65. The van der Waals surface area contributed by atoms with Crippen molar-refractivity contribution in [2.75, 3.05) is 7.05 Å². The Labute approximate surface area is 127 Å². The van der Waals surface area contributed by atoms with Gasteiger partial charge in [0, 0.05) is 24.2 Å². The second-order valence-corrected chi connectivity index (χ2v) is 6.06. The molecular formula is C18H25N3. The van der Waals surface area contributed by atoms with Gasteiger partial charge in [0.2, 0.25) is 0 Å². The van der Waals surface area contributed by atoms with Gasteiger partial charge in [-0.1, -0.05) is 44.2 Å². The minimum absolute atomic E-state index is 0.447. The molecule has 0 N–H and O–H groups in total. The summed E-state index contributed by atoms with van der Waals surface area (Å²) in [5.74, 6) is 0. The van der Waals surface area contributed by atoms with Gasteiger partial charge in [-0.15, -0.1) is 0 Å². The third kappa shape index (κ3) is 2.30. The molecule has 3 heteroatoms. The van der Waals surface area contributed by atoms with Crippen LogP contribution in [0, 0.1) is 0 Å². The summed E-state index contributed by atoms with van der Waals surface area (Å²) in [6, 6.07) is 11.7. The fourth-order valence-corrected chi connectivity index (χ4v) is 3.76. The van der Waals surface area contributed by atoms with E-state index in [1.807, 2.05) is 0 Å². The van der Waals surface area contributed by atoms with Crippen molar-refractivity contribution in [1.82, 2.24) is 14.7 Å². The normalized spacial score (nSPS) is 22.3. The second-order valence-electron chi connectivity index (χ2n) is 6.06. The number of aromatic nitrogens is 2. The summed E-state index contributed by atoms with van der Waals surface area (Å²) >= 11 is 0. The highest BCUT2D eigenvalue weighted by Gasteiger charge is 2.34. The average molecular weight is 283 g/mol. The van der Waals surface area contributed by atoms with Gasteiger partial charge >= 0.3 is 0 Å². The van der Waals surface area contributed by atoms with Crippen LogP contribution in [-0.4, -0.2) is 27.8 Å². The zero-order valence-corrected chi connectivity index (χ0v) is 13.5. The van der Waals surface area contributed by atoms with Gasteiger partial charge in [0.1, 0.15) is 0 Å². The van der Waals surface area contributed by atoms with Crippen LogP contribution in [0.25, 0.3) is 11.3 Å². The molecule has 0 bridgehead atoms. The molecule has 2 unspecified atom stereocenters. The maximum atomic E-state index is 4.87. The van der Waals surface area contributed by atoms with Gasteiger partial charge in [-0.25, -0.2) is 0 Å². The van der Waals surface area contributed by atoms with Crippen LogP contribution >= 0.6 is 0 Å². The Hall–Kier alpha value is -1.61. The lowest BCUT2D eigenvalue weighted by Crippen LogP contribution is -2.40.